The van der Waals surface area contributed by atoms with Crippen molar-refractivity contribution >= 4 is 73.6 Å². The summed E-state index contributed by atoms with van der Waals surface area (Å²) < 4.78 is 0. The third-order valence-corrected chi connectivity index (χ3v) is 5.34. The molecule has 9 heteroatoms. The molecule has 0 saturated carbocycles. The lowest BCUT2D eigenvalue weighted by molar-refractivity contribution is 0.104. The van der Waals surface area contributed by atoms with E-state index in [9.17, 15) is 4.79 Å². The summed E-state index contributed by atoms with van der Waals surface area (Å²) in [5.41, 5.74) is 15.9. The molecule has 0 unspecified atom stereocenters. The summed E-state index contributed by atoms with van der Waals surface area (Å²) in [6.45, 7) is 0. The van der Waals surface area contributed by atoms with Crippen LogP contribution in [0.1, 0.15) is 27.0 Å². The first-order chi connectivity index (χ1) is 11.5. The van der Waals surface area contributed by atoms with Gasteiger partial charge in [-0.1, -0.05) is 59.9 Å². The maximum absolute atomic E-state index is 13.0. The highest BCUT2D eigenvalue weighted by Gasteiger charge is 2.30. The van der Waals surface area contributed by atoms with Crippen LogP contribution in [-0.2, 0) is 11.5 Å². The van der Waals surface area contributed by atoms with Gasteiger partial charge in [-0.2, -0.15) is 0 Å². The van der Waals surface area contributed by atoms with Gasteiger partial charge in [0, 0.05) is 22.6 Å². The number of halogens is 2. The number of ketones is 1. The summed E-state index contributed by atoms with van der Waals surface area (Å²) in [4.78, 5) is 13.0. The Bertz CT molecular complexity index is 804. The highest BCUT2D eigenvalue weighted by molar-refractivity contribution is 8.93. The van der Waals surface area contributed by atoms with Gasteiger partial charge in [0.05, 0.1) is 0 Å². The van der Waals surface area contributed by atoms with E-state index >= 15 is 0 Å². The Hall–Kier alpha value is -1.29. The molecule has 0 radical (unpaired) electrons. The van der Waals surface area contributed by atoms with E-state index in [1.54, 1.807) is 0 Å². The van der Waals surface area contributed by atoms with Crippen LogP contribution in [0, 0.1) is 10.8 Å². The largest absolute Gasteiger partial charge is 0.379 e. The Morgan fingerprint density at radius 1 is 0.808 bits per heavy atom. The second kappa shape index (κ2) is 9.59. The van der Waals surface area contributed by atoms with Gasteiger partial charge < -0.3 is 11.5 Å². The number of hydrogen-bond acceptors (Lipinski definition) is 5. The zero-order chi connectivity index (χ0) is 17.3. The molecule has 0 bridgehead atoms. The van der Waals surface area contributed by atoms with Crippen molar-refractivity contribution in [2.75, 3.05) is 0 Å². The molecule has 0 aliphatic heterocycles. The van der Waals surface area contributed by atoms with Crippen molar-refractivity contribution in [1.29, 1.82) is 10.8 Å². The molecule has 0 heterocycles. The number of rotatable bonds is 4. The van der Waals surface area contributed by atoms with E-state index in [2.05, 4.69) is 0 Å². The fourth-order valence-electron chi connectivity index (χ4n) is 2.86. The molecule has 5 nitrogen and oxygen atoms in total. The number of carbonyl (C=O) groups is 1. The van der Waals surface area contributed by atoms with E-state index in [0.717, 1.165) is 22.3 Å². The van der Waals surface area contributed by atoms with Crippen LogP contribution < -0.4 is 11.5 Å². The van der Waals surface area contributed by atoms with Crippen molar-refractivity contribution in [3.05, 3.63) is 58.7 Å². The van der Waals surface area contributed by atoms with Gasteiger partial charge in [-0.3, -0.25) is 15.6 Å². The summed E-state index contributed by atoms with van der Waals surface area (Å²) in [6.07, 6.45) is 0. The van der Waals surface area contributed by atoms with Crippen molar-refractivity contribution in [3.8, 4) is 11.1 Å². The second-order valence-electron chi connectivity index (χ2n) is 5.31. The zero-order valence-electron chi connectivity index (χ0n) is 13.6. The predicted octanol–water partition coefficient (Wildman–Crippen LogP) is 4.31. The first-order valence-electron chi connectivity index (χ1n) is 7.21. The lowest BCUT2D eigenvalue weighted by atomic mass is 10.0. The Labute approximate surface area is 181 Å². The fraction of sp³-hybridized carbons (Fsp3) is 0.118. The van der Waals surface area contributed by atoms with Gasteiger partial charge in [-0.25, -0.2) is 0 Å². The van der Waals surface area contributed by atoms with E-state index in [4.69, 9.17) is 22.3 Å². The van der Waals surface area contributed by atoms with Gasteiger partial charge in [0.25, 0.3) is 0 Å². The van der Waals surface area contributed by atoms with Crippen molar-refractivity contribution in [1.82, 2.24) is 0 Å². The van der Waals surface area contributed by atoms with Gasteiger partial charge >= 0.3 is 0 Å². The van der Waals surface area contributed by atoms with Gasteiger partial charge in [0.1, 0.15) is 0 Å². The Morgan fingerprint density at radius 2 is 1.19 bits per heavy atom. The van der Waals surface area contributed by atoms with Crippen LogP contribution in [0.25, 0.3) is 11.1 Å². The Morgan fingerprint density at radius 3 is 1.54 bits per heavy atom. The van der Waals surface area contributed by atoms with Crippen LogP contribution in [0.5, 0.6) is 0 Å². The summed E-state index contributed by atoms with van der Waals surface area (Å²) >= 11 is 2.42. The number of benzene rings is 2. The number of nitrogens with two attached hydrogens (primary N) is 2. The highest BCUT2D eigenvalue weighted by Crippen LogP contribution is 2.41. The molecule has 0 atom stereocenters. The molecule has 2 aromatic rings. The van der Waals surface area contributed by atoms with E-state index in [1.165, 1.54) is 23.5 Å². The van der Waals surface area contributed by atoms with Gasteiger partial charge in [0.15, 0.2) is 16.1 Å². The molecule has 0 fully saturated rings. The minimum Gasteiger partial charge on any atom is -0.379 e. The Balaban J connectivity index is 0.00000169. The van der Waals surface area contributed by atoms with E-state index in [-0.39, 0.29) is 50.1 Å². The van der Waals surface area contributed by atoms with Crippen molar-refractivity contribution in [2.24, 2.45) is 11.5 Å². The molecule has 1 aliphatic carbocycles. The van der Waals surface area contributed by atoms with Gasteiger partial charge in [-0.15, -0.1) is 34.0 Å². The van der Waals surface area contributed by atoms with E-state index in [1.807, 2.05) is 36.4 Å². The first kappa shape index (κ1) is 22.8. The zero-order valence-corrected chi connectivity index (χ0v) is 18.6. The summed E-state index contributed by atoms with van der Waals surface area (Å²) in [5.74, 6) is 0.991. The topological polar surface area (TPSA) is 117 Å². The van der Waals surface area contributed by atoms with Gasteiger partial charge in [0.2, 0.25) is 0 Å². The molecule has 138 valence electrons. The number of carbonyl (C=O) groups excluding carboxylic acids is 1. The molecule has 1 aliphatic rings. The van der Waals surface area contributed by atoms with Crippen molar-refractivity contribution in [2.45, 2.75) is 11.5 Å². The predicted molar refractivity (Wildman–Crippen MR) is 122 cm³/mol. The SMILES string of the molecule is Br.Br.N=C(N)SCc1cccc2c1C(=O)c1c(CSC(=N)N)cccc1-2. The fourth-order valence-corrected chi connectivity index (χ4v) is 3.97. The van der Waals surface area contributed by atoms with Crippen LogP contribution in [0.15, 0.2) is 36.4 Å². The van der Waals surface area contributed by atoms with E-state index in [0.29, 0.717) is 22.6 Å². The first-order valence-corrected chi connectivity index (χ1v) is 9.18. The number of thioether (sulfide) groups is 2. The maximum Gasteiger partial charge on any atom is 0.194 e. The molecule has 6 N–H and O–H groups in total. The lowest BCUT2D eigenvalue weighted by Crippen LogP contribution is -2.07. The minimum atomic E-state index is -0.000459. The number of fused-ring (bicyclic) bond motifs is 3. The van der Waals surface area contributed by atoms with Crippen LogP contribution in [0.3, 0.4) is 0 Å². The molecular formula is C17H18Br2N4OS2. The van der Waals surface area contributed by atoms with Crippen LogP contribution >= 0.6 is 57.5 Å². The molecule has 26 heavy (non-hydrogen) atoms. The third kappa shape index (κ3) is 4.51. The average Bonchev–Trinajstić information content (AvgIpc) is 2.85. The maximum atomic E-state index is 13.0. The summed E-state index contributed by atoms with van der Waals surface area (Å²) in [5, 5.41) is 14.8. The molecule has 0 saturated heterocycles. The Kier molecular flexibility index (Phi) is 8.39. The average molecular weight is 518 g/mol. The van der Waals surface area contributed by atoms with Crippen molar-refractivity contribution < 1.29 is 4.79 Å². The molecular weight excluding hydrogens is 500 g/mol. The normalized spacial score (nSPS) is 11.0. The summed E-state index contributed by atoms with van der Waals surface area (Å²) in [6, 6.07) is 11.6. The van der Waals surface area contributed by atoms with Crippen LogP contribution in [0.4, 0.5) is 0 Å². The van der Waals surface area contributed by atoms with Crippen molar-refractivity contribution in [3.63, 3.8) is 0 Å². The number of amidine groups is 2. The molecule has 0 aromatic heterocycles. The van der Waals surface area contributed by atoms with Gasteiger partial charge in [-0.05, 0) is 22.3 Å². The standard InChI is InChI=1S/C17H16N4OS2.2BrH/c18-16(19)23-7-9-3-1-5-11-12-6-2-4-10(8-24-17(20)21)14(12)15(22)13(9)11;;/h1-6H,7-8H2,(H3,18,19)(H3,20,21);2*1H. The quantitative estimate of drug-likeness (QED) is 0.304. The van der Waals surface area contributed by atoms with Crippen LogP contribution in [-0.4, -0.2) is 16.1 Å². The smallest absolute Gasteiger partial charge is 0.194 e. The van der Waals surface area contributed by atoms with E-state index < -0.39 is 0 Å². The molecule has 0 spiro atoms. The summed E-state index contributed by atoms with van der Waals surface area (Å²) in [7, 11) is 0. The molecule has 3 rings (SSSR count). The highest BCUT2D eigenvalue weighted by atomic mass is 79.9. The van der Waals surface area contributed by atoms with Crippen LogP contribution in [0.2, 0.25) is 0 Å². The molecule has 0 amide bonds. The number of nitrogens with one attached hydrogen (secondary N) is 2. The lowest BCUT2D eigenvalue weighted by Gasteiger charge is -2.06. The second-order valence-corrected chi connectivity index (χ2v) is 7.35. The third-order valence-electron chi connectivity index (χ3n) is 3.81. The monoisotopic (exact) mass is 516 g/mol. The molecule has 2 aromatic carbocycles. The number of hydrogen-bond donors (Lipinski definition) is 4. The minimum absolute atomic E-state index is 0.